The fraction of sp³-hybridized carbons (Fsp3) is 0.375. The molecule has 0 saturated carbocycles. The number of ether oxygens (including phenoxy) is 2. The molecule has 2 amide bonds. The van der Waals surface area contributed by atoms with Gasteiger partial charge in [0.15, 0.2) is 6.61 Å². The molecular weight excluding hydrogens is 394 g/mol. The lowest BCUT2D eigenvalue weighted by atomic mass is 10.1. The van der Waals surface area contributed by atoms with Gasteiger partial charge in [-0.2, -0.15) is 5.26 Å². The van der Waals surface area contributed by atoms with Crippen molar-refractivity contribution in [1.82, 2.24) is 4.90 Å². The van der Waals surface area contributed by atoms with Gasteiger partial charge in [-0.05, 0) is 68.1 Å². The predicted octanol–water partition coefficient (Wildman–Crippen LogP) is 3.20. The van der Waals surface area contributed by atoms with Crippen LogP contribution in [0.15, 0.2) is 42.5 Å². The van der Waals surface area contributed by atoms with Crippen LogP contribution >= 0.6 is 0 Å². The minimum Gasteiger partial charge on any atom is -0.484 e. The SMILES string of the molecule is Cc1cccc(NC(=O)CN(C[C@@H]2CCCO2)C(=O)COc2ccc(C#N)cc2)c1C. The summed E-state index contributed by atoms with van der Waals surface area (Å²) in [5, 5.41) is 11.8. The normalized spacial score (nSPS) is 15.2. The summed E-state index contributed by atoms with van der Waals surface area (Å²) in [6, 6.07) is 14.3. The minimum absolute atomic E-state index is 0.0765. The van der Waals surface area contributed by atoms with E-state index in [1.165, 1.54) is 4.90 Å². The van der Waals surface area contributed by atoms with Gasteiger partial charge in [0.2, 0.25) is 5.91 Å². The second kappa shape index (κ2) is 10.6. The van der Waals surface area contributed by atoms with Crippen molar-refractivity contribution in [2.45, 2.75) is 32.8 Å². The number of nitriles is 1. The van der Waals surface area contributed by atoms with Crippen molar-refractivity contribution in [3.8, 4) is 11.8 Å². The molecule has 0 aliphatic carbocycles. The van der Waals surface area contributed by atoms with Crippen molar-refractivity contribution in [2.24, 2.45) is 0 Å². The number of carbonyl (C=O) groups excluding carboxylic acids is 2. The Morgan fingerprint density at radius 2 is 2.00 bits per heavy atom. The monoisotopic (exact) mass is 421 g/mol. The van der Waals surface area contributed by atoms with Crippen LogP contribution in [0.3, 0.4) is 0 Å². The van der Waals surface area contributed by atoms with Gasteiger partial charge in [0, 0.05) is 18.8 Å². The van der Waals surface area contributed by atoms with E-state index in [9.17, 15) is 9.59 Å². The molecule has 1 aliphatic rings. The third kappa shape index (κ3) is 6.30. The summed E-state index contributed by atoms with van der Waals surface area (Å²) in [4.78, 5) is 27.0. The molecule has 1 atom stereocenters. The van der Waals surface area contributed by atoms with Gasteiger partial charge < -0.3 is 19.7 Å². The Morgan fingerprint density at radius 3 is 2.68 bits per heavy atom. The average molecular weight is 421 g/mol. The van der Waals surface area contributed by atoms with Gasteiger partial charge in [-0.15, -0.1) is 0 Å². The summed E-state index contributed by atoms with van der Waals surface area (Å²) in [7, 11) is 0. The third-order valence-electron chi connectivity index (χ3n) is 5.36. The second-order valence-electron chi connectivity index (χ2n) is 7.63. The van der Waals surface area contributed by atoms with E-state index in [4.69, 9.17) is 14.7 Å². The lowest BCUT2D eigenvalue weighted by molar-refractivity contribution is -0.138. The first kappa shape index (κ1) is 22.3. The Hall–Kier alpha value is -3.37. The summed E-state index contributed by atoms with van der Waals surface area (Å²) >= 11 is 0. The van der Waals surface area contributed by atoms with Crippen LogP contribution in [0.1, 0.15) is 29.5 Å². The number of nitrogens with zero attached hydrogens (tertiary/aromatic N) is 2. The maximum Gasteiger partial charge on any atom is 0.261 e. The van der Waals surface area contributed by atoms with E-state index in [1.54, 1.807) is 24.3 Å². The number of aryl methyl sites for hydroxylation is 1. The van der Waals surface area contributed by atoms with Crippen molar-refractivity contribution < 1.29 is 19.1 Å². The van der Waals surface area contributed by atoms with Crippen LogP contribution in [0, 0.1) is 25.2 Å². The Labute approximate surface area is 182 Å². The number of benzene rings is 2. The highest BCUT2D eigenvalue weighted by Gasteiger charge is 2.25. The Bertz CT molecular complexity index is 960. The van der Waals surface area contributed by atoms with Crippen molar-refractivity contribution in [3.05, 3.63) is 59.2 Å². The molecule has 162 valence electrons. The number of anilines is 1. The van der Waals surface area contributed by atoms with Crippen molar-refractivity contribution in [1.29, 1.82) is 5.26 Å². The van der Waals surface area contributed by atoms with Gasteiger partial charge in [0.05, 0.1) is 17.7 Å². The van der Waals surface area contributed by atoms with Crippen LogP contribution in [0.2, 0.25) is 0 Å². The fourth-order valence-electron chi connectivity index (χ4n) is 3.40. The molecule has 0 spiro atoms. The molecule has 0 aromatic heterocycles. The smallest absolute Gasteiger partial charge is 0.261 e. The molecule has 0 radical (unpaired) electrons. The predicted molar refractivity (Wildman–Crippen MR) is 117 cm³/mol. The number of nitrogens with one attached hydrogen (secondary N) is 1. The van der Waals surface area contributed by atoms with E-state index >= 15 is 0 Å². The van der Waals surface area contributed by atoms with Gasteiger partial charge in [0.25, 0.3) is 5.91 Å². The van der Waals surface area contributed by atoms with Crippen LogP contribution in [0.4, 0.5) is 5.69 Å². The van der Waals surface area contributed by atoms with Gasteiger partial charge in [0.1, 0.15) is 12.3 Å². The van der Waals surface area contributed by atoms with Crippen LogP contribution in [0.25, 0.3) is 0 Å². The van der Waals surface area contributed by atoms with Crippen LogP contribution < -0.4 is 10.1 Å². The topological polar surface area (TPSA) is 91.7 Å². The molecule has 1 N–H and O–H groups in total. The molecular formula is C24H27N3O4. The van der Waals surface area contributed by atoms with E-state index in [0.717, 1.165) is 29.7 Å². The quantitative estimate of drug-likeness (QED) is 0.707. The van der Waals surface area contributed by atoms with E-state index < -0.39 is 0 Å². The average Bonchev–Trinajstić information content (AvgIpc) is 3.28. The highest BCUT2D eigenvalue weighted by atomic mass is 16.5. The first-order chi connectivity index (χ1) is 15.0. The molecule has 0 bridgehead atoms. The number of rotatable bonds is 8. The minimum atomic E-state index is -0.295. The molecule has 1 saturated heterocycles. The Morgan fingerprint density at radius 1 is 1.23 bits per heavy atom. The van der Waals surface area contributed by atoms with E-state index in [0.29, 0.717) is 24.5 Å². The van der Waals surface area contributed by atoms with Gasteiger partial charge >= 0.3 is 0 Å². The summed E-state index contributed by atoms with van der Waals surface area (Å²) < 4.78 is 11.2. The molecule has 7 nitrogen and oxygen atoms in total. The highest BCUT2D eigenvalue weighted by Crippen LogP contribution is 2.19. The fourth-order valence-corrected chi connectivity index (χ4v) is 3.40. The number of amides is 2. The Balaban J connectivity index is 1.63. The van der Waals surface area contributed by atoms with Crippen LogP contribution in [-0.2, 0) is 14.3 Å². The van der Waals surface area contributed by atoms with Gasteiger partial charge in [-0.25, -0.2) is 0 Å². The zero-order valence-corrected chi connectivity index (χ0v) is 17.9. The summed E-state index contributed by atoms with van der Waals surface area (Å²) in [5.41, 5.74) is 3.34. The maximum absolute atomic E-state index is 12.8. The first-order valence-corrected chi connectivity index (χ1v) is 10.3. The highest BCUT2D eigenvalue weighted by molar-refractivity contribution is 5.95. The molecule has 7 heteroatoms. The maximum atomic E-state index is 12.8. The van der Waals surface area contributed by atoms with Crippen molar-refractivity contribution in [3.63, 3.8) is 0 Å². The van der Waals surface area contributed by atoms with E-state index in [2.05, 4.69) is 5.32 Å². The lowest BCUT2D eigenvalue weighted by Crippen LogP contribution is -2.44. The van der Waals surface area contributed by atoms with Gasteiger partial charge in [-0.3, -0.25) is 9.59 Å². The molecule has 2 aromatic rings. The molecule has 1 fully saturated rings. The number of hydrogen-bond acceptors (Lipinski definition) is 5. The molecule has 0 unspecified atom stereocenters. The molecule has 3 rings (SSSR count). The second-order valence-corrected chi connectivity index (χ2v) is 7.63. The lowest BCUT2D eigenvalue weighted by Gasteiger charge is -2.25. The summed E-state index contributed by atoms with van der Waals surface area (Å²) in [6.07, 6.45) is 1.73. The van der Waals surface area contributed by atoms with Crippen molar-refractivity contribution >= 4 is 17.5 Å². The van der Waals surface area contributed by atoms with E-state index in [1.807, 2.05) is 38.1 Å². The molecule has 1 aliphatic heterocycles. The molecule has 1 heterocycles. The van der Waals surface area contributed by atoms with Crippen LogP contribution in [0.5, 0.6) is 5.75 Å². The van der Waals surface area contributed by atoms with Gasteiger partial charge in [-0.1, -0.05) is 12.1 Å². The number of carbonyl (C=O) groups is 2. The Kier molecular flexibility index (Phi) is 7.63. The standard InChI is InChI=1S/C24H27N3O4/c1-17-5-3-7-22(18(17)2)26-23(28)15-27(14-21-6-4-12-30-21)24(29)16-31-20-10-8-19(13-25)9-11-20/h3,5,7-11,21H,4,6,12,14-16H2,1-2H3,(H,26,28)/t21-/m0/s1. The summed E-state index contributed by atoms with van der Waals surface area (Å²) in [6.45, 7) is 4.67. The van der Waals surface area contributed by atoms with Crippen molar-refractivity contribution in [2.75, 3.05) is 31.6 Å². The summed E-state index contributed by atoms with van der Waals surface area (Å²) in [5.74, 6) is -0.0707. The largest absolute Gasteiger partial charge is 0.484 e. The molecule has 31 heavy (non-hydrogen) atoms. The zero-order chi connectivity index (χ0) is 22.2. The number of hydrogen-bond donors (Lipinski definition) is 1. The third-order valence-corrected chi connectivity index (χ3v) is 5.36. The molecule has 2 aromatic carbocycles. The van der Waals surface area contributed by atoms with Crippen LogP contribution in [-0.4, -0.2) is 49.1 Å². The zero-order valence-electron chi connectivity index (χ0n) is 17.9. The first-order valence-electron chi connectivity index (χ1n) is 10.3. The van der Waals surface area contributed by atoms with E-state index in [-0.39, 0.29) is 31.1 Å².